The highest BCUT2D eigenvalue weighted by molar-refractivity contribution is 5.86. The fraction of sp³-hybridized carbons (Fsp3) is 0.600. The zero-order chi connectivity index (χ0) is 17.8. The summed E-state index contributed by atoms with van der Waals surface area (Å²) in [4.78, 5) is 15.1. The fourth-order valence-electron chi connectivity index (χ4n) is 4.40. The Balaban J connectivity index is 1.41. The van der Waals surface area contributed by atoms with Crippen molar-refractivity contribution in [1.82, 2.24) is 15.4 Å². The second-order valence-corrected chi connectivity index (χ2v) is 7.46. The number of carbonyl (C=O) groups excluding carboxylic acids is 1. The number of para-hydroxylation sites is 1. The minimum Gasteiger partial charge on any atom is -0.379 e. The highest BCUT2D eigenvalue weighted by Crippen LogP contribution is 2.34. The maximum absolute atomic E-state index is 12.6. The van der Waals surface area contributed by atoms with E-state index in [1.165, 1.54) is 19.3 Å². The van der Waals surface area contributed by atoms with E-state index < -0.39 is 0 Å². The summed E-state index contributed by atoms with van der Waals surface area (Å²) in [5.41, 5.74) is 1.53. The maximum atomic E-state index is 12.6. The van der Waals surface area contributed by atoms with Crippen molar-refractivity contribution in [3.8, 4) is 0 Å². The van der Waals surface area contributed by atoms with Gasteiger partial charge in [-0.2, -0.15) is 0 Å². The Morgan fingerprint density at radius 2 is 1.92 bits per heavy atom. The van der Waals surface area contributed by atoms with E-state index in [-0.39, 0.29) is 17.9 Å². The van der Waals surface area contributed by atoms with Crippen LogP contribution in [0.1, 0.15) is 37.8 Å². The first-order chi connectivity index (χ1) is 12.8. The van der Waals surface area contributed by atoms with Crippen LogP contribution in [-0.2, 0) is 16.0 Å². The number of morpholine rings is 1. The largest absolute Gasteiger partial charge is 0.379 e. The van der Waals surface area contributed by atoms with Gasteiger partial charge in [-0.25, -0.2) is 0 Å². The van der Waals surface area contributed by atoms with Gasteiger partial charge in [0.15, 0.2) is 5.58 Å². The van der Waals surface area contributed by atoms with Gasteiger partial charge in [0, 0.05) is 30.6 Å². The Morgan fingerprint density at radius 1 is 1.15 bits per heavy atom. The van der Waals surface area contributed by atoms with Crippen LogP contribution in [0.2, 0.25) is 0 Å². The van der Waals surface area contributed by atoms with Crippen LogP contribution in [0.15, 0.2) is 28.8 Å². The van der Waals surface area contributed by atoms with Crippen molar-refractivity contribution >= 4 is 16.9 Å². The second-order valence-electron chi connectivity index (χ2n) is 7.46. The molecule has 0 radical (unpaired) electrons. The maximum Gasteiger partial charge on any atom is 0.226 e. The van der Waals surface area contributed by atoms with E-state index in [4.69, 9.17) is 9.26 Å². The quantitative estimate of drug-likeness (QED) is 0.891. The van der Waals surface area contributed by atoms with Crippen LogP contribution in [0, 0.1) is 0 Å². The molecule has 0 bridgehead atoms. The molecule has 1 saturated heterocycles. The molecule has 1 N–H and O–H groups in total. The Hall–Kier alpha value is -1.92. The van der Waals surface area contributed by atoms with Gasteiger partial charge in [0.2, 0.25) is 5.91 Å². The van der Waals surface area contributed by atoms with E-state index >= 15 is 0 Å². The number of hydrogen-bond acceptors (Lipinski definition) is 5. The molecule has 4 rings (SSSR count). The number of aromatic nitrogens is 1. The van der Waals surface area contributed by atoms with Gasteiger partial charge in [-0.1, -0.05) is 36.6 Å². The smallest absolute Gasteiger partial charge is 0.226 e. The fourth-order valence-corrected chi connectivity index (χ4v) is 4.40. The molecule has 140 valence electrons. The first-order valence-electron chi connectivity index (χ1n) is 9.70. The molecule has 0 spiro atoms. The van der Waals surface area contributed by atoms with Crippen molar-refractivity contribution in [1.29, 1.82) is 0 Å². The lowest BCUT2D eigenvalue weighted by Gasteiger charge is -2.48. The van der Waals surface area contributed by atoms with E-state index in [0.29, 0.717) is 12.2 Å². The standard InChI is InChI=1S/C20H27N3O3/c24-19(14-17-16-6-2-3-7-18(16)26-22-17)21-15-20(8-4-1-5-9-20)23-10-12-25-13-11-23/h2-3,6-7H,1,4-5,8-15H2,(H,21,24). The van der Waals surface area contributed by atoms with Gasteiger partial charge in [-0.3, -0.25) is 9.69 Å². The number of amides is 1. The van der Waals surface area contributed by atoms with Crippen molar-refractivity contribution in [2.24, 2.45) is 0 Å². The lowest BCUT2D eigenvalue weighted by Crippen LogP contribution is -2.59. The van der Waals surface area contributed by atoms with Gasteiger partial charge in [-0.15, -0.1) is 0 Å². The highest BCUT2D eigenvalue weighted by Gasteiger charge is 2.38. The number of benzene rings is 1. The van der Waals surface area contributed by atoms with E-state index in [1.54, 1.807) is 0 Å². The molecule has 0 unspecified atom stereocenters. The van der Waals surface area contributed by atoms with Crippen LogP contribution in [0.5, 0.6) is 0 Å². The normalized spacial score (nSPS) is 20.9. The SMILES string of the molecule is O=C(Cc1noc2ccccc12)NCC1(N2CCOCC2)CCCCC1. The predicted molar refractivity (Wildman–Crippen MR) is 98.9 cm³/mol. The van der Waals surface area contributed by atoms with Gasteiger partial charge in [0.25, 0.3) is 0 Å². The number of carbonyl (C=O) groups is 1. The van der Waals surface area contributed by atoms with Crippen molar-refractivity contribution in [2.45, 2.75) is 44.1 Å². The summed E-state index contributed by atoms with van der Waals surface area (Å²) in [7, 11) is 0. The van der Waals surface area contributed by atoms with Crippen LogP contribution in [0.3, 0.4) is 0 Å². The second kappa shape index (κ2) is 7.76. The Labute approximate surface area is 153 Å². The van der Waals surface area contributed by atoms with Crippen LogP contribution in [0.4, 0.5) is 0 Å². The van der Waals surface area contributed by atoms with Crippen LogP contribution in [0.25, 0.3) is 11.0 Å². The molecule has 1 aliphatic carbocycles. The van der Waals surface area contributed by atoms with Crippen LogP contribution >= 0.6 is 0 Å². The zero-order valence-corrected chi connectivity index (χ0v) is 15.2. The van der Waals surface area contributed by atoms with Crippen molar-refractivity contribution in [3.63, 3.8) is 0 Å². The minimum atomic E-state index is 0.0160. The molecule has 2 fully saturated rings. The third-order valence-electron chi connectivity index (χ3n) is 5.86. The molecule has 1 aromatic carbocycles. The summed E-state index contributed by atoms with van der Waals surface area (Å²) in [6.07, 6.45) is 6.34. The Morgan fingerprint density at radius 3 is 2.73 bits per heavy atom. The van der Waals surface area contributed by atoms with Crippen molar-refractivity contribution < 1.29 is 14.1 Å². The first kappa shape index (κ1) is 17.5. The molecule has 1 aliphatic heterocycles. The lowest BCUT2D eigenvalue weighted by molar-refractivity contribution is -0.121. The number of fused-ring (bicyclic) bond motifs is 1. The van der Waals surface area contributed by atoms with Gasteiger partial charge in [0.05, 0.1) is 19.6 Å². The molecule has 2 aromatic rings. The third-order valence-corrected chi connectivity index (χ3v) is 5.86. The molecule has 26 heavy (non-hydrogen) atoms. The number of nitrogens with one attached hydrogen (secondary N) is 1. The molecule has 0 atom stereocenters. The summed E-state index contributed by atoms with van der Waals surface area (Å²) >= 11 is 0. The number of hydrogen-bond donors (Lipinski definition) is 1. The highest BCUT2D eigenvalue weighted by atomic mass is 16.5. The van der Waals surface area contributed by atoms with Crippen molar-refractivity contribution in [3.05, 3.63) is 30.0 Å². The minimum absolute atomic E-state index is 0.0160. The summed E-state index contributed by atoms with van der Waals surface area (Å²) in [5.74, 6) is 0.0160. The summed E-state index contributed by atoms with van der Waals surface area (Å²) in [6.45, 7) is 4.22. The Kier molecular flexibility index (Phi) is 5.22. The number of nitrogens with zero attached hydrogens (tertiary/aromatic N) is 2. The summed E-state index contributed by atoms with van der Waals surface area (Å²) in [5, 5.41) is 8.18. The van der Waals surface area contributed by atoms with Gasteiger partial charge in [0.1, 0.15) is 5.69 Å². The average Bonchev–Trinajstić information content (AvgIpc) is 3.11. The molecule has 6 heteroatoms. The third kappa shape index (κ3) is 3.62. The van der Waals surface area contributed by atoms with Gasteiger partial charge >= 0.3 is 0 Å². The molecular formula is C20H27N3O3. The molecule has 2 aliphatic rings. The van der Waals surface area contributed by atoms with E-state index in [1.807, 2.05) is 24.3 Å². The van der Waals surface area contributed by atoms with Gasteiger partial charge < -0.3 is 14.6 Å². The topological polar surface area (TPSA) is 67.6 Å². The molecule has 6 nitrogen and oxygen atoms in total. The average molecular weight is 357 g/mol. The number of rotatable bonds is 5. The van der Waals surface area contributed by atoms with Crippen LogP contribution in [-0.4, -0.2) is 54.4 Å². The number of ether oxygens (including phenoxy) is 1. The molecule has 1 saturated carbocycles. The Bertz CT molecular complexity index is 746. The lowest BCUT2D eigenvalue weighted by atomic mass is 9.79. The predicted octanol–water partition coefficient (Wildman–Crippen LogP) is 2.52. The zero-order valence-electron chi connectivity index (χ0n) is 15.2. The van der Waals surface area contributed by atoms with E-state index in [0.717, 1.165) is 50.1 Å². The van der Waals surface area contributed by atoms with Crippen molar-refractivity contribution in [2.75, 3.05) is 32.8 Å². The van der Waals surface area contributed by atoms with E-state index in [9.17, 15) is 4.79 Å². The molecule has 1 amide bonds. The van der Waals surface area contributed by atoms with Crippen LogP contribution < -0.4 is 5.32 Å². The molecular weight excluding hydrogens is 330 g/mol. The first-order valence-corrected chi connectivity index (χ1v) is 9.70. The molecule has 1 aromatic heterocycles. The molecule has 2 heterocycles. The summed E-state index contributed by atoms with van der Waals surface area (Å²) in [6, 6.07) is 7.67. The monoisotopic (exact) mass is 357 g/mol. The summed E-state index contributed by atoms with van der Waals surface area (Å²) < 4.78 is 10.8. The van der Waals surface area contributed by atoms with E-state index in [2.05, 4.69) is 15.4 Å². The van der Waals surface area contributed by atoms with Gasteiger partial charge in [-0.05, 0) is 25.0 Å².